The molecule has 0 aromatic heterocycles. The van der Waals surface area contributed by atoms with E-state index in [4.69, 9.17) is 9.84 Å². The highest BCUT2D eigenvalue weighted by Gasteiger charge is 2.15. The number of carboxylic acids is 1. The topological polar surface area (TPSA) is 75.6 Å². The van der Waals surface area contributed by atoms with Gasteiger partial charge in [0.15, 0.2) is 0 Å². The van der Waals surface area contributed by atoms with Gasteiger partial charge < -0.3 is 15.2 Å². The summed E-state index contributed by atoms with van der Waals surface area (Å²) in [6, 6.07) is 13.8. The number of carbonyl (C=O) groups excluding carboxylic acids is 1. The van der Waals surface area contributed by atoms with E-state index >= 15 is 0 Å². The Labute approximate surface area is 134 Å². The highest BCUT2D eigenvalue weighted by atomic mass is 16.5. The highest BCUT2D eigenvalue weighted by molar-refractivity contribution is 5.94. The molecule has 5 nitrogen and oxygen atoms in total. The summed E-state index contributed by atoms with van der Waals surface area (Å²) in [5.74, 6) is -0.680. The molecule has 2 rings (SSSR count). The Morgan fingerprint density at radius 2 is 1.91 bits per heavy atom. The van der Waals surface area contributed by atoms with Gasteiger partial charge in [0.2, 0.25) is 5.91 Å². The molecule has 2 N–H and O–H groups in total. The molecule has 2 aromatic carbocycles. The maximum Gasteiger partial charge on any atom is 0.335 e. The molecule has 2 aromatic rings. The van der Waals surface area contributed by atoms with Crippen LogP contribution in [-0.4, -0.2) is 24.1 Å². The van der Waals surface area contributed by atoms with Gasteiger partial charge >= 0.3 is 5.97 Å². The number of carboxylic acid groups (broad SMARTS) is 1. The van der Waals surface area contributed by atoms with Gasteiger partial charge in [-0.2, -0.15) is 0 Å². The number of hydrogen-bond donors (Lipinski definition) is 2. The molecule has 0 saturated heterocycles. The van der Waals surface area contributed by atoms with E-state index in [9.17, 15) is 9.59 Å². The van der Waals surface area contributed by atoms with Gasteiger partial charge in [-0.1, -0.05) is 25.1 Å². The number of hydrogen-bond acceptors (Lipinski definition) is 3. The summed E-state index contributed by atoms with van der Waals surface area (Å²) < 4.78 is 5.17. The van der Waals surface area contributed by atoms with Gasteiger partial charge in [-0.15, -0.1) is 0 Å². The molecule has 0 aliphatic carbocycles. The lowest BCUT2D eigenvalue weighted by Crippen LogP contribution is -2.22. The lowest BCUT2D eigenvalue weighted by atomic mass is 10.00. The van der Waals surface area contributed by atoms with Crippen molar-refractivity contribution in [3.05, 3.63) is 59.7 Å². The lowest BCUT2D eigenvalue weighted by molar-refractivity contribution is -0.119. The van der Waals surface area contributed by atoms with Gasteiger partial charge in [0.1, 0.15) is 5.75 Å². The van der Waals surface area contributed by atoms with Crippen molar-refractivity contribution < 1.29 is 19.4 Å². The summed E-state index contributed by atoms with van der Waals surface area (Å²) in [6.07, 6.45) is 0.571. The molecule has 0 bridgehead atoms. The molecular formula is C18H19NO4. The van der Waals surface area contributed by atoms with E-state index in [2.05, 4.69) is 5.32 Å². The minimum atomic E-state index is -1.02. The van der Waals surface area contributed by atoms with Gasteiger partial charge in [0, 0.05) is 11.6 Å². The molecule has 0 radical (unpaired) electrons. The van der Waals surface area contributed by atoms with Crippen LogP contribution in [0, 0.1) is 5.92 Å². The molecule has 1 unspecified atom stereocenters. The number of rotatable bonds is 6. The summed E-state index contributed by atoms with van der Waals surface area (Å²) in [6.45, 7) is 1.83. The zero-order valence-electron chi connectivity index (χ0n) is 13.1. The van der Waals surface area contributed by atoms with E-state index in [1.165, 1.54) is 12.1 Å². The van der Waals surface area contributed by atoms with Crippen LogP contribution in [0.25, 0.3) is 0 Å². The highest BCUT2D eigenvalue weighted by Crippen LogP contribution is 2.18. The fourth-order valence-electron chi connectivity index (χ4n) is 2.24. The third-order valence-corrected chi connectivity index (χ3v) is 3.50. The second kappa shape index (κ2) is 7.45. The fourth-order valence-corrected chi connectivity index (χ4v) is 2.24. The number of anilines is 1. The Hall–Kier alpha value is -2.82. The second-order valence-corrected chi connectivity index (χ2v) is 5.33. The maximum absolute atomic E-state index is 12.3. The van der Waals surface area contributed by atoms with Crippen molar-refractivity contribution in [3.8, 4) is 5.75 Å². The van der Waals surface area contributed by atoms with Crippen LogP contribution in [-0.2, 0) is 11.2 Å². The van der Waals surface area contributed by atoms with Gasteiger partial charge in [0.05, 0.1) is 12.7 Å². The van der Waals surface area contributed by atoms with Crippen LogP contribution in [0.15, 0.2) is 48.5 Å². The van der Waals surface area contributed by atoms with Crippen molar-refractivity contribution in [1.29, 1.82) is 0 Å². The van der Waals surface area contributed by atoms with Crippen molar-refractivity contribution in [2.45, 2.75) is 13.3 Å². The van der Waals surface area contributed by atoms with Crippen molar-refractivity contribution in [2.24, 2.45) is 5.92 Å². The minimum Gasteiger partial charge on any atom is -0.497 e. The number of nitrogens with one attached hydrogen (secondary N) is 1. The molecule has 23 heavy (non-hydrogen) atoms. The summed E-state index contributed by atoms with van der Waals surface area (Å²) in [7, 11) is 1.60. The van der Waals surface area contributed by atoms with E-state index in [1.54, 1.807) is 19.2 Å². The van der Waals surface area contributed by atoms with Crippen LogP contribution in [0.3, 0.4) is 0 Å². The molecule has 120 valence electrons. The monoisotopic (exact) mass is 313 g/mol. The molecule has 0 heterocycles. The summed E-state index contributed by atoms with van der Waals surface area (Å²) in [5, 5.41) is 11.7. The molecule has 1 atom stereocenters. The van der Waals surface area contributed by atoms with Gasteiger partial charge in [-0.3, -0.25) is 4.79 Å². The number of aromatic carboxylic acids is 1. The predicted molar refractivity (Wildman–Crippen MR) is 87.9 cm³/mol. The number of benzene rings is 2. The second-order valence-electron chi connectivity index (χ2n) is 5.33. The third kappa shape index (κ3) is 4.57. The zero-order chi connectivity index (χ0) is 16.8. The Balaban J connectivity index is 2.02. The Morgan fingerprint density at radius 3 is 2.61 bits per heavy atom. The summed E-state index contributed by atoms with van der Waals surface area (Å²) in [5.41, 5.74) is 1.63. The average molecular weight is 313 g/mol. The van der Waals surface area contributed by atoms with Gasteiger partial charge in [-0.05, 0) is 42.3 Å². The molecule has 1 amide bonds. The number of amides is 1. The maximum atomic E-state index is 12.3. The molecule has 0 aliphatic rings. The molecule has 0 saturated carbocycles. The largest absolute Gasteiger partial charge is 0.497 e. The SMILES string of the molecule is COc1cccc(CC(C)C(=O)Nc2cccc(C(=O)O)c2)c1. The van der Waals surface area contributed by atoms with Crippen molar-refractivity contribution in [3.63, 3.8) is 0 Å². The number of carbonyl (C=O) groups is 2. The predicted octanol–water partition coefficient (Wildman–Crippen LogP) is 3.21. The van der Waals surface area contributed by atoms with E-state index in [1.807, 2.05) is 31.2 Å². The number of methoxy groups -OCH3 is 1. The van der Waals surface area contributed by atoms with Crippen molar-refractivity contribution >= 4 is 17.6 Å². The van der Waals surface area contributed by atoms with E-state index in [0.29, 0.717) is 12.1 Å². The minimum absolute atomic E-state index is 0.142. The fraction of sp³-hybridized carbons (Fsp3) is 0.222. The Morgan fingerprint density at radius 1 is 1.17 bits per heavy atom. The first-order chi connectivity index (χ1) is 11.0. The number of ether oxygens (including phenoxy) is 1. The Bertz CT molecular complexity index is 712. The van der Waals surface area contributed by atoms with E-state index < -0.39 is 5.97 Å². The molecule has 5 heteroatoms. The smallest absolute Gasteiger partial charge is 0.335 e. The molecule has 0 fully saturated rings. The zero-order valence-corrected chi connectivity index (χ0v) is 13.1. The van der Waals surface area contributed by atoms with Crippen LogP contribution < -0.4 is 10.1 Å². The van der Waals surface area contributed by atoms with Gasteiger partial charge in [-0.25, -0.2) is 4.79 Å². The van der Waals surface area contributed by atoms with Crippen LogP contribution in [0.4, 0.5) is 5.69 Å². The Kier molecular flexibility index (Phi) is 5.36. The summed E-state index contributed by atoms with van der Waals surface area (Å²) >= 11 is 0. The lowest BCUT2D eigenvalue weighted by Gasteiger charge is -2.13. The first-order valence-electron chi connectivity index (χ1n) is 7.26. The van der Waals surface area contributed by atoms with Crippen molar-refractivity contribution in [1.82, 2.24) is 0 Å². The van der Waals surface area contributed by atoms with Crippen LogP contribution in [0.2, 0.25) is 0 Å². The summed E-state index contributed by atoms with van der Waals surface area (Å²) in [4.78, 5) is 23.2. The van der Waals surface area contributed by atoms with Crippen LogP contribution in [0.5, 0.6) is 5.75 Å². The first-order valence-corrected chi connectivity index (χ1v) is 7.26. The van der Waals surface area contributed by atoms with E-state index in [0.717, 1.165) is 11.3 Å². The molecule has 0 aliphatic heterocycles. The van der Waals surface area contributed by atoms with Crippen molar-refractivity contribution in [2.75, 3.05) is 12.4 Å². The van der Waals surface area contributed by atoms with Crippen LogP contribution in [0.1, 0.15) is 22.8 Å². The standard InChI is InChI=1S/C18H19NO4/c1-12(9-13-5-3-8-16(10-13)23-2)17(20)19-15-7-4-6-14(11-15)18(21)22/h3-8,10-12H,9H2,1-2H3,(H,19,20)(H,21,22). The average Bonchev–Trinajstić information content (AvgIpc) is 2.55. The normalized spacial score (nSPS) is 11.6. The van der Waals surface area contributed by atoms with Gasteiger partial charge in [0.25, 0.3) is 0 Å². The quantitative estimate of drug-likeness (QED) is 0.858. The third-order valence-electron chi connectivity index (χ3n) is 3.50. The van der Waals surface area contributed by atoms with E-state index in [-0.39, 0.29) is 17.4 Å². The molecular weight excluding hydrogens is 294 g/mol. The molecule has 0 spiro atoms. The first kappa shape index (κ1) is 16.5. The van der Waals surface area contributed by atoms with Crippen LogP contribution >= 0.6 is 0 Å².